The van der Waals surface area contributed by atoms with Crippen LogP contribution in [0.15, 0.2) is 48.5 Å². The summed E-state index contributed by atoms with van der Waals surface area (Å²) in [6, 6.07) is 15.4. The zero-order valence-corrected chi connectivity index (χ0v) is 12.4. The normalized spacial score (nSPS) is 17.1. The van der Waals surface area contributed by atoms with Crippen LogP contribution in [0.1, 0.15) is 22.7 Å². The summed E-state index contributed by atoms with van der Waals surface area (Å²) in [6.07, 6.45) is 0.967. The van der Waals surface area contributed by atoms with Crippen LogP contribution in [0.25, 0.3) is 0 Å². The molecule has 0 radical (unpaired) electrons. The second-order valence-electron chi connectivity index (χ2n) is 5.18. The lowest BCUT2D eigenvalue weighted by Crippen LogP contribution is -2.41. The number of hydrogen-bond donors (Lipinski definition) is 2. The lowest BCUT2D eigenvalue weighted by molar-refractivity contribution is -0.123. The molecule has 1 aliphatic rings. The van der Waals surface area contributed by atoms with Crippen LogP contribution in [0.5, 0.6) is 0 Å². The van der Waals surface area contributed by atoms with Crippen molar-refractivity contribution in [2.75, 3.05) is 6.54 Å². The first-order valence-corrected chi connectivity index (χ1v) is 7.45. The Balaban J connectivity index is 1.69. The van der Waals surface area contributed by atoms with Gasteiger partial charge in [-0.15, -0.1) is 0 Å². The fourth-order valence-electron chi connectivity index (χ4n) is 2.68. The fourth-order valence-corrected chi connectivity index (χ4v) is 2.89. The van der Waals surface area contributed by atoms with Gasteiger partial charge in [0.25, 0.3) is 0 Å². The number of carbonyl (C=O) groups is 1. The second kappa shape index (κ2) is 6.29. The number of fused-ring (bicyclic) bond motifs is 1. The minimum atomic E-state index is -0.269. The Morgan fingerprint density at radius 3 is 2.95 bits per heavy atom. The summed E-state index contributed by atoms with van der Waals surface area (Å²) in [5, 5.41) is 6.94. The quantitative estimate of drug-likeness (QED) is 0.915. The zero-order chi connectivity index (χ0) is 14.7. The molecule has 3 nitrogen and oxygen atoms in total. The summed E-state index contributed by atoms with van der Waals surface area (Å²) >= 11 is 5.95. The lowest BCUT2D eigenvalue weighted by atomic mass is 9.94. The van der Waals surface area contributed by atoms with Crippen molar-refractivity contribution >= 4 is 17.5 Å². The minimum Gasteiger partial charge on any atom is -0.350 e. The number of hydrogen-bond acceptors (Lipinski definition) is 2. The van der Waals surface area contributed by atoms with Gasteiger partial charge in [-0.2, -0.15) is 0 Å². The Morgan fingerprint density at radius 1 is 1.24 bits per heavy atom. The summed E-state index contributed by atoms with van der Waals surface area (Å²) in [5.41, 5.74) is 3.33. The molecule has 1 atom stereocenters. The molecule has 1 aliphatic heterocycles. The van der Waals surface area contributed by atoms with Crippen LogP contribution in [0, 0.1) is 0 Å². The van der Waals surface area contributed by atoms with Gasteiger partial charge in [-0.1, -0.05) is 48.0 Å². The molecule has 0 fully saturated rings. The molecular formula is C17H17ClN2O. The van der Waals surface area contributed by atoms with Crippen LogP contribution in [0.4, 0.5) is 0 Å². The van der Waals surface area contributed by atoms with E-state index in [4.69, 9.17) is 11.6 Å². The van der Waals surface area contributed by atoms with E-state index >= 15 is 0 Å². The van der Waals surface area contributed by atoms with Gasteiger partial charge < -0.3 is 10.6 Å². The summed E-state index contributed by atoms with van der Waals surface area (Å²) in [7, 11) is 0. The molecule has 2 aromatic carbocycles. The van der Waals surface area contributed by atoms with Crippen molar-refractivity contribution in [3.8, 4) is 0 Å². The topological polar surface area (TPSA) is 41.1 Å². The zero-order valence-electron chi connectivity index (χ0n) is 11.6. The number of rotatable bonds is 3. The van der Waals surface area contributed by atoms with Crippen molar-refractivity contribution in [2.24, 2.45) is 0 Å². The standard InChI is InChI=1S/C17H17ClN2O/c18-14-6-3-4-12(10-14)11-20-17(21)16-15-7-2-1-5-13(15)8-9-19-16/h1-7,10,16,19H,8-9,11H2,(H,20,21). The molecule has 0 aliphatic carbocycles. The van der Waals surface area contributed by atoms with Crippen LogP contribution < -0.4 is 10.6 Å². The molecule has 0 spiro atoms. The fraction of sp³-hybridized carbons (Fsp3) is 0.235. The van der Waals surface area contributed by atoms with Crippen LogP contribution in [-0.2, 0) is 17.8 Å². The van der Waals surface area contributed by atoms with E-state index in [2.05, 4.69) is 16.7 Å². The van der Waals surface area contributed by atoms with Crippen LogP contribution in [0.3, 0.4) is 0 Å². The maximum Gasteiger partial charge on any atom is 0.242 e. The van der Waals surface area contributed by atoms with Gasteiger partial charge in [0.05, 0.1) is 0 Å². The smallest absolute Gasteiger partial charge is 0.242 e. The van der Waals surface area contributed by atoms with Gasteiger partial charge in [0.1, 0.15) is 6.04 Å². The van der Waals surface area contributed by atoms with E-state index in [0.717, 1.165) is 24.1 Å². The van der Waals surface area contributed by atoms with Crippen molar-refractivity contribution in [3.63, 3.8) is 0 Å². The van der Waals surface area contributed by atoms with Gasteiger partial charge in [-0.25, -0.2) is 0 Å². The van der Waals surface area contributed by atoms with Crippen molar-refractivity contribution in [1.29, 1.82) is 0 Å². The highest BCUT2D eigenvalue weighted by atomic mass is 35.5. The van der Waals surface area contributed by atoms with E-state index in [1.165, 1.54) is 5.56 Å². The molecule has 1 amide bonds. The van der Waals surface area contributed by atoms with E-state index in [1.54, 1.807) is 0 Å². The van der Waals surface area contributed by atoms with E-state index in [9.17, 15) is 4.79 Å². The SMILES string of the molecule is O=C(NCc1cccc(Cl)c1)C1NCCc2ccccc21. The van der Waals surface area contributed by atoms with Gasteiger partial charge in [-0.05, 0) is 35.2 Å². The molecule has 1 heterocycles. The van der Waals surface area contributed by atoms with Crippen LogP contribution >= 0.6 is 11.6 Å². The molecule has 108 valence electrons. The van der Waals surface area contributed by atoms with Gasteiger partial charge in [-0.3, -0.25) is 4.79 Å². The van der Waals surface area contributed by atoms with E-state index in [-0.39, 0.29) is 11.9 Å². The monoisotopic (exact) mass is 300 g/mol. The number of halogens is 1. The van der Waals surface area contributed by atoms with E-state index < -0.39 is 0 Å². The Bertz CT molecular complexity index is 657. The molecular weight excluding hydrogens is 284 g/mol. The Labute approximate surface area is 129 Å². The molecule has 0 saturated carbocycles. The Kier molecular flexibility index (Phi) is 4.23. The average molecular weight is 301 g/mol. The number of nitrogens with one attached hydrogen (secondary N) is 2. The number of amides is 1. The van der Waals surface area contributed by atoms with Gasteiger partial charge in [0.15, 0.2) is 0 Å². The highest BCUT2D eigenvalue weighted by Gasteiger charge is 2.25. The van der Waals surface area contributed by atoms with Crippen molar-refractivity contribution in [3.05, 3.63) is 70.2 Å². The Hall–Kier alpha value is -1.84. The number of benzene rings is 2. The van der Waals surface area contributed by atoms with E-state index in [1.807, 2.05) is 42.5 Å². The predicted molar refractivity (Wildman–Crippen MR) is 84.2 cm³/mol. The molecule has 21 heavy (non-hydrogen) atoms. The molecule has 2 N–H and O–H groups in total. The highest BCUT2D eigenvalue weighted by molar-refractivity contribution is 6.30. The van der Waals surface area contributed by atoms with Crippen molar-refractivity contribution in [1.82, 2.24) is 10.6 Å². The summed E-state index contributed by atoms with van der Waals surface area (Å²) in [4.78, 5) is 12.4. The molecule has 0 saturated heterocycles. The predicted octanol–water partition coefficient (Wildman–Crippen LogP) is 2.84. The third-order valence-corrected chi connectivity index (χ3v) is 3.96. The maximum absolute atomic E-state index is 12.4. The summed E-state index contributed by atoms with van der Waals surface area (Å²) in [6.45, 7) is 1.31. The summed E-state index contributed by atoms with van der Waals surface area (Å²) in [5.74, 6) is 0.00197. The lowest BCUT2D eigenvalue weighted by Gasteiger charge is -2.26. The maximum atomic E-state index is 12.4. The third-order valence-electron chi connectivity index (χ3n) is 3.73. The minimum absolute atomic E-state index is 0.00197. The number of carbonyl (C=O) groups excluding carboxylic acids is 1. The van der Waals surface area contributed by atoms with Crippen molar-refractivity contribution in [2.45, 2.75) is 19.0 Å². The first-order chi connectivity index (χ1) is 10.2. The van der Waals surface area contributed by atoms with Gasteiger partial charge in [0, 0.05) is 18.1 Å². The van der Waals surface area contributed by atoms with Crippen molar-refractivity contribution < 1.29 is 4.79 Å². The molecule has 0 bridgehead atoms. The first kappa shape index (κ1) is 14.1. The molecule has 3 rings (SSSR count). The first-order valence-electron chi connectivity index (χ1n) is 7.07. The Morgan fingerprint density at radius 2 is 2.10 bits per heavy atom. The largest absolute Gasteiger partial charge is 0.350 e. The third kappa shape index (κ3) is 3.26. The molecule has 2 aromatic rings. The van der Waals surface area contributed by atoms with Crippen LogP contribution in [-0.4, -0.2) is 12.5 Å². The molecule has 1 unspecified atom stereocenters. The second-order valence-corrected chi connectivity index (χ2v) is 5.62. The molecule has 4 heteroatoms. The van der Waals surface area contributed by atoms with Gasteiger partial charge >= 0.3 is 0 Å². The van der Waals surface area contributed by atoms with Crippen LogP contribution in [0.2, 0.25) is 5.02 Å². The molecule has 0 aromatic heterocycles. The highest BCUT2D eigenvalue weighted by Crippen LogP contribution is 2.22. The van der Waals surface area contributed by atoms with E-state index in [0.29, 0.717) is 11.6 Å². The summed E-state index contributed by atoms with van der Waals surface area (Å²) < 4.78 is 0. The van der Waals surface area contributed by atoms with Gasteiger partial charge in [0.2, 0.25) is 5.91 Å². The average Bonchev–Trinajstić information content (AvgIpc) is 2.52.